The fraction of sp³-hybridized carbons (Fsp3) is 0.714. The molecular formula is C14H25N5O3S. The van der Waals surface area contributed by atoms with Crippen LogP contribution in [0.5, 0.6) is 0 Å². The number of carbonyl (C=O) groups is 1. The molecule has 1 unspecified atom stereocenters. The quantitative estimate of drug-likeness (QED) is 0.561. The van der Waals surface area contributed by atoms with Gasteiger partial charge in [0.15, 0.2) is 0 Å². The fourth-order valence-electron chi connectivity index (χ4n) is 2.46. The van der Waals surface area contributed by atoms with Gasteiger partial charge in [0.2, 0.25) is 15.9 Å². The van der Waals surface area contributed by atoms with E-state index in [1.807, 2.05) is 0 Å². The van der Waals surface area contributed by atoms with Crippen LogP contribution in [0.3, 0.4) is 0 Å². The summed E-state index contributed by atoms with van der Waals surface area (Å²) in [7, 11) is 0.104. The molecule has 0 aliphatic heterocycles. The van der Waals surface area contributed by atoms with Gasteiger partial charge in [-0.05, 0) is 25.8 Å². The second-order valence-corrected chi connectivity index (χ2v) is 7.85. The number of aryl methyl sites for hydroxylation is 1. The van der Waals surface area contributed by atoms with Gasteiger partial charge in [0, 0.05) is 31.9 Å². The summed E-state index contributed by atoms with van der Waals surface area (Å²) in [5.41, 5.74) is 0.735. The number of hydrogen-bond donors (Lipinski definition) is 3. The van der Waals surface area contributed by atoms with E-state index in [-0.39, 0.29) is 18.2 Å². The normalized spacial score (nSPS) is 16.8. The van der Waals surface area contributed by atoms with E-state index < -0.39 is 16.1 Å². The fourth-order valence-corrected chi connectivity index (χ4v) is 3.47. The molecule has 9 heteroatoms. The van der Waals surface area contributed by atoms with Gasteiger partial charge in [-0.25, -0.2) is 13.1 Å². The van der Waals surface area contributed by atoms with Crippen molar-refractivity contribution in [2.45, 2.75) is 25.3 Å². The monoisotopic (exact) mass is 343 g/mol. The van der Waals surface area contributed by atoms with Gasteiger partial charge in [0.05, 0.1) is 11.9 Å². The summed E-state index contributed by atoms with van der Waals surface area (Å²) in [6.07, 6.45) is 6.72. The SMILES string of the molecule is CNC(C(=O)NCCS(=O)(=O)NCC1CCC1)c1cnn(C)c1. The molecule has 1 amide bonds. The Labute approximate surface area is 137 Å². The first kappa shape index (κ1) is 17.9. The van der Waals surface area contributed by atoms with E-state index in [0.29, 0.717) is 12.5 Å². The standard InChI is InChI=1S/C14H25N5O3S/c1-15-13(12-9-17-19(2)10-12)14(20)16-6-7-23(21,22)18-8-11-4-3-5-11/h9-11,13,15,18H,3-8H2,1-2H3,(H,16,20). The van der Waals surface area contributed by atoms with Crippen LogP contribution in [0.1, 0.15) is 30.9 Å². The summed E-state index contributed by atoms with van der Waals surface area (Å²) >= 11 is 0. The molecule has 1 aromatic heterocycles. The van der Waals surface area contributed by atoms with Crippen LogP contribution in [0.15, 0.2) is 12.4 Å². The van der Waals surface area contributed by atoms with Crippen LogP contribution in [0.4, 0.5) is 0 Å². The highest BCUT2D eigenvalue weighted by Gasteiger charge is 2.22. The lowest BCUT2D eigenvalue weighted by atomic mass is 9.86. The van der Waals surface area contributed by atoms with Gasteiger partial charge in [-0.2, -0.15) is 5.10 Å². The molecule has 23 heavy (non-hydrogen) atoms. The molecule has 1 aromatic rings. The number of likely N-dealkylation sites (N-methyl/N-ethyl adjacent to an activating group) is 1. The average Bonchev–Trinajstić information content (AvgIpc) is 2.84. The maximum Gasteiger partial charge on any atom is 0.241 e. The summed E-state index contributed by atoms with van der Waals surface area (Å²) in [4.78, 5) is 12.2. The van der Waals surface area contributed by atoms with Gasteiger partial charge in [-0.15, -0.1) is 0 Å². The van der Waals surface area contributed by atoms with Crippen LogP contribution < -0.4 is 15.4 Å². The molecular weight excluding hydrogens is 318 g/mol. The third-order valence-electron chi connectivity index (χ3n) is 4.10. The molecule has 1 atom stereocenters. The third-order valence-corrected chi connectivity index (χ3v) is 5.44. The Morgan fingerprint density at radius 1 is 1.48 bits per heavy atom. The van der Waals surface area contributed by atoms with Crippen LogP contribution in [-0.4, -0.2) is 50.0 Å². The molecule has 0 aromatic carbocycles. The number of carbonyl (C=O) groups excluding carboxylic acids is 1. The lowest BCUT2D eigenvalue weighted by Gasteiger charge is -2.25. The van der Waals surface area contributed by atoms with Gasteiger partial charge >= 0.3 is 0 Å². The Kier molecular flexibility index (Phi) is 6.14. The molecule has 130 valence electrons. The topological polar surface area (TPSA) is 105 Å². The van der Waals surface area contributed by atoms with Crippen LogP contribution in [-0.2, 0) is 21.9 Å². The van der Waals surface area contributed by atoms with E-state index in [0.717, 1.165) is 18.4 Å². The minimum atomic E-state index is -3.34. The van der Waals surface area contributed by atoms with Crippen LogP contribution >= 0.6 is 0 Å². The number of aromatic nitrogens is 2. The maximum atomic E-state index is 12.2. The van der Waals surface area contributed by atoms with Crippen LogP contribution in [0.2, 0.25) is 0 Å². The summed E-state index contributed by atoms with van der Waals surface area (Å²) < 4.78 is 28.0. The van der Waals surface area contributed by atoms with Crippen molar-refractivity contribution in [2.75, 3.05) is 25.9 Å². The van der Waals surface area contributed by atoms with Crippen molar-refractivity contribution in [3.8, 4) is 0 Å². The highest BCUT2D eigenvalue weighted by atomic mass is 32.2. The molecule has 1 saturated carbocycles. The first-order valence-corrected chi connectivity index (χ1v) is 9.47. The molecule has 1 aliphatic carbocycles. The lowest BCUT2D eigenvalue weighted by molar-refractivity contribution is -0.123. The molecule has 0 saturated heterocycles. The van der Waals surface area contributed by atoms with Crippen molar-refractivity contribution in [2.24, 2.45) is 13.0 Å². The largest absolute Gasteiger partial charge is 0.353 e. The van der Waals surface area contributed by atoms with E-state index in [1.165, 1.54) is 6.42 Å². The molecule has 3 N–H and O–H groups in total. The highest BCUT2D eigenvalue weighted by Crippen LogP contribution is 2.25. The highest BCUT2D eigenvalue weighted by molar-refractivity contribution is 7.89. The van der Waals surface area contributed by atoms with Crippen molar-refractivity contribution < 1.29 is 13.2 Å². The number of rotatable bonds is 9. The smallest absolute Gasteiger partial charge is 0.241 e. The maximum absolute atomic E-state index is 12.2. The second-order valence-electron chi connectivity index (χ2n) is 5.92. The molecule has 1 aliphatic rings. The number of nitrogens with zero attached hydrogens (tertiary/aromatic N) is 2. The molecule has 0 spiro atoms. The van der Waals surface area contributed by atoms with Crippen molar-refractivity contribution in [3.63, 3.8) is 0 Å². The number of hydrogen-bond acceptors (Lipinski definition) is 5. The van der Waals surface area contributed by atoms with E-state index in [2.05, 4.69) is 20.5 Å². The summed E-state index contributed by atoms with van der Waals surface area (Å²) in [6, 6.07) is -0.547. The first-order valence-electron chi connectivity index (χ1n) is 7.82. The lowest BCUT2D eigenvalue weighted by Crippen LogP contribution is -2.40. The van der Waals surface area contributed by atoms with E-state index >= 15 is 0 Å². The Morgan fingerprint density at radius 3 is 2.74 bits per heavy atom. The molecule has 1 fully saturated rings. The van der Waals surface area contributed by atoms with Gasteiger partial charge in [0.1, 0.15) is 6.04 Å². The zero-order chi connectivity index (χ0) is 16.9. The first-order chi connectivity index (χ1) is 10.9. The van der Waals surface area contributed by atoms with E-state index in [1.54, 1.807) is 31.2 Å². The Hall–Kier alpha value is -1.45. The Morgan fingerprint density at radius 2 is 2.22 bits per heavy atom. The van der Waals surface area contributed by atoms with Gasteiger partial charge < -0.3 is 10.6 Å². The van der Waals surface area contributed by atoms with E-state index in [4.69, 9.17) is 0 Å². The average molecular weight is 343 g/mol. The van der Waals surface area contributed by atoms with Gasteiger partial charge in [-0.3, -0.25) is 9.48 Å². The summed E-state index contributed by atoms with van der Waals surface area (Å²) in [5, 5.41) is 9.59. The predicted molar refractivity (Wildman–Crippen MR) is 87.1 cm³/mol. The Balaban J connectivity index is 1.76. The second kappa shape index (κ2) is 7.89. The van der Waals surface area contributed by atoms with Gasteiger partial charge in [-0.1, -0.05) is 6.42 Å². The molecule has 8 nitrogen and oxygen atoms in total. The summed E-state index contributed by atoms with van der Waals surface area (Å²) in [5.74, 6) is 0.0860. The van der Waals surface area contributed by atoms with Crippen molar-refractivity contribution in [3.05, 3.63) is 18.0 Å². The van der Waals surface area contributed by atoms with E-state index in [9.17, 15) is 13.2 Å². The Bertz CT molecular complexity index is 624. The van der Waals surface area contributed by atoms with Gasteiger partial charge in [0.25, 0.3) is 0 Å². The van der Waals surface area contributed by atoms with Crippen LogP contribution in [0, 0.1) is 5.92 Å². The minimum Gasteiger partial charge on any atom is -0.353 e. The predicted octanol–water partition coefficient (Wildman–Crippen LogP) is -0.484. The zero-order valence-corrected chi connectivity index (χ0v) is 14.4. The molecule has 0 radical (unpaired) electrons. The molecule has 1 heterocycles. The molecule has 2 rings (SSSR count). The number of amides is 1. The van der Waals surface area contributed by atoms with Crippen molar-refractivity contribution in [1.29, 1.82) is 0 Å². The number of sulfonamides is 1. The minimum absolute atomic E-state index is 0.0806. The third kappa shape index (κ3) is 5.29. The van der Waals surface area contributed by atoms with Crippen LogP contribution in [0.25, 0.3) is 0 Å². The zero-order valence-electron chi connectivity index (χ0n) is 13.6. The van der Waals surface area contributed by atoms with Crippen molar-refractivity contribution >= 4 is 15.9 Å². The summed E-state index contributed by atoms with van der Waals surface area (Å²) in [6.45, 7) is 0.586. The number of nitrogens with one attached hydrogen (secondary N) is 3. The van der Waals surface area contributed by atoms with Crippen molar-refractivity contribution in [1.82, 2.24) is 25.1 Å². The molecule has 0 bridgehead atoms.